The van der Waals surface area contributed by atoms with Gasteiger partial charge in [-0.15, -0.1) is 0 Å². The van der Waals surface area contributed by atoms with Gasteiger partial charge in [0.05, 0.1) is 0 Å². The van der Waals surface area contributed by atoms with Gasteiger partial charge in [0.15, 0.2) is 0 Å². The van der Waals surface area contributed by atoms with E-state index in [9.17, 15) is 15.3 Å². The standard InChI is InChI=1S/C20H16O3/c21-17-9-8-16(20(13-17)15-4-2-1-3-5-15)7-6-14-10-18(22)12-19(23)11-14/h1-13,21-23H/b7-6+. The molecule has 3 aromatic carbocycles. The molecule has 0 spiro atoms. The third-order valence-electron chi connectivity index (χ3n) is 3.50. The topological polar surface area (TPSA) is 60.7 Å². The summed E-state index contributed by atoms with van der Waals surface area (Å²) in [5.74, 6) is 0.230. The number of rotatable bonds is 3. The van der Waals surface area contributed by atoms with Gasteiger partial charge in [-0.05, 0) is 46.5 Å². The largest absolute Gasteiger partial charge is 0.508 e. The lowest BCUT2D eigenvalue weighted by molar-refractivity contribution is 0.450. The first-order valence-electron chi connectivity index (χ1n) is 7.21. The zero-order valence-electron chi connectivity index (χ0n) is 12.3. The molecule has 3 rings (SSSR count). The van der Waals surface area contributed by atoms with Crippen LogP contribution in [0, 0.1) is 0 Å². The minimum absolute atomic E-state index is 0.0126. The molecule has 0 heterocycles. The van der Waals surface area contributed by atoms with Crippen LogP contribution in [-0.4, -0.2) is 15.3 Å². The molecule has 0 fully saturated rings. The fourth-order valence-corrected chi connectivity index (χ4v) is 2.46. The molecule has 0 atom stereocenters. The maximum atomic E-state index is 9.77. The fraction of sp³-hybridized carbons (Fsp3) is 0. The summed E-state index contributed by atoms with van der Waals surface area (Å²) < 4.78 is 0. The number of benzene rings is 3. The Morgan fingerprint density at radius 3 is 2.00 bits per heavy atom. The van der Waals surface area contributed by atoms with Crippen LogP contribution in [0.25, 0.3) is 23.3 Å². The average molecular weight is 304 g/mol. The van der Waals surface area contributed by atoms with Gasteiger partial charge in [-0.2, -0.15) is 0 Å². The molecule has 0 bridgehead atoms. The lowest BCUT2D eigenvalue weighted by Gasteiger charge is -2.07. The van der Waals surface area contributed by atoms with Gasteiger partial charge < -0.3 is 15.3 Å². The molecule has 3 N–H and O–H groups in total. The van der Waals surface area contributed by atoms with E-state index in [1.165, 1.54) is 6.07 Å². The van der Waals surface area contributed by atoms with Crippen LogP contribution in [0.4, 0.5) is 0 Å². The summed E-state index contributed by atoms with van der Waals surface area (Å²) >= 11 is 0. The lowest BCUT2D eigenvalue weighted by atomic mass is 9.98. The fourth-order valence-electron chi connectivity index (χ4n) is 2.46. The van der Waals surface area contributed by atoms with Gasteiger partial charge in [0.25, 0.3) is 0 Å². The monoisotopic (exact) mass is 304 g/mol. The van der Waals surface area contributed by atoms with Crippen molar-refractivity contribution in [1.82, 2.24) is 0 Å². The zero-order chi connectivity index (χ0) is 16.2. The summed E-state index contributed by atoms with van der Waals surface area (Å²) in [6, 6.07) is 19.4. The first kappa shape index (κ1) is 14.7. The Bertz CT molecular complexity index is 832. The van der Waals surface area contributed by atoms with Crippen LogP contribution < -0.4 is 0 Å². The minimum Gasteiger partial charge on any atom is -0.508 e. The number of aromatic hydroxyl groups is 3. The second kappa shape index (κ2) is 6.28. The van der Waals surface area contributed by atoms with Crippen LogP contribution in [0.3, 0.4) is 0 Å². The van der Waals surface area contributed by atoms with E-state index in [0.29, 0.717) is 5.56 Å². The molecule has 0 saturated heterocycles. The Morgan fingerprint density at radius 2 is 1.30 bits per heavy atom. The summed E-state index contributed by atoms with van der Waals surface area (Å²) in [4.78, 5) is 0. The normalized spacial score (nSPS) is 11.0. The molecular weight excluding hydrogens is 288 g/mol. The van der Waals surface area contributed by atoms with Crippen molar-refractivity contribution in [2.75, 3.05) is 0 Å². The van der Waals surface area contributed by atoms with Crippen molar-refractivity contribution in [1.29, 1.82) is 0 Å². The number of phenols is 3. The van der Waals surface area contributed by atoms with Crippen LogP contribution >= 0.6 is 0 Å². The van der Waals surface area contributed by atoms with Gasteiger partial charge in [-0.3, -0.25) is 0 Å². The van der Waals surface area contributed by atoms with E-state index >= 15 is 0 Å². The van der Waals surface area contributed by atoms with Gasteiger partial charge in [0, 0.05) is 6.07 Å². The molecule has 0 aromatic heterocycles. The Hall–Kier alpha value is -3.20. The molecule has 0 radical (unpaired) electrons. The van der Waals surface area contributed by atoms with Crippen LogP contribution in [-0.2, 0) is 0 Å². The summed E-state index contributed by atoms with van der Waals surface area (Å²) in [5, 5.41) is 28.8. The molecule has 0 aliphatic heterocycles. The smallest absolute Gasteiger partial charge is 0.119 e. The molecular formula is C20H16O3. The first-order chi connectivity index (χ1) is 11.1. The molecule has 0 aliphatic carbocycles. The van der Waals surface area contributed by atoms with E-state index < -0.39 is 0 Å². The third-order valence-corrected chi connectivity index (χ3v) is 3.50. The summed E-state index contributed by atoms with van der Waals surface area (Å²) in [5.41, 5.74) is 3.53. The van der Waals surface area contributed by atoms with E-state index in [4.69, 9.17) is 0 Å². The average Bonchev–Trinajstić information content (AvgIpc) is 2.53. The Morgan fingerprint density at radius 1 is 0.609 bits per heavy atom. The SMILES string of the molecule is Oc1cc(O)cc(/C=C/c2ccc(O)cc2-c2ccccc2)c1. The quantitative estimate of drug-likeness (QED) is 0.618. The molecule has 0 amide bonds. The predicted molar refractivity (Wildman–Crippen MR) is 92.2 cm³/mol. The summed E-state index contributed by atoms with van der Waals surface area (Å²) in [7, 11) is 0. The maximum Gasteiger partial charge on any atom is 0.119 e. The van der Waals surface area contributed by atoms with Gasteiger partial charge in [0.1, 0.15) is 17.2 Å². The highest BCUT2D eigenvalue weighted by atomic mass is 16.3. The zero-order valence-corrected chi connectivity index (χ0v) is 12.3. The summed E-state index contributed by atoms with van der Waals surface area (Å²) in [6.07, 6.45) is 3.69. The molecule has 0 saturated carbocycles. The summed E-state index contributed by atoms with van der Waals surface area (Å²) in [6.45, 7) is 0. The van der Waals surface area contributed by atoms with E-state index in [2.05, 4.69) is 0 Å². The van der Waals surface area contributed by atoms with Crippen LogP contribution in [0.2, 0.25) is 0 Å². The minimum atomic E-state index is 0.0126. The second-order valence-electron chi connectivity index (χ2n) is 5.25. The van der Waals surface area contributed by atoms with Crippen molar-refractivity contribution in [3.8, 4) is 28.4 Å². The van der Waals surface area contributed by atoms with Gasteiger partial charge in [-0.25, -0.2) is 0 Å². The first-order valence-corrected chi connectivity index (χ1v) is 7.21. The molecule has 0 aliphatic rings. The van der Waals surface area contributed by atoms with Crippen LogP contribution in [0.5, 0.6) is 17.2 Å². The number of hydrogen-bond acceptors (Lipinski definition) is 3. The molecule has 3 aromatic rings. The number of phenolic OH excluding ortho intramolecular Hbond substituents is 3. The second-order valence-corrected chi connectivity index (χ2v) is 5.25. The van der Waals surface area contributed by atoms with E-state index in [-0.39, 0.29) is 17.2 Å². The third kappa shape index (κ3) is 3.52. The van der Waals surface area contributed by atoms with Crippen molar-refractivity contribution in [2.24, 2.45) is 0 Å². The lowest BCUT2D eigenvalue weighted by Crippen LogP contribution is -1.83. The van der Waals surface area contributed by atoms with Crippen molar-refractivity contribution < 1.29 is 15.3 Å². The maximum absolute atomic E-state index is 9.77. The van der Waals surface area contributed by atoms with Gasteiger partial charge in [0.2, 0.25) is 0 Å². The van der Waals surface area contributed by atoms with E-state index in [0.717, 1.165) is 16.7 Å². The van der Waals surface area contributed by atoms with E-state index in [1.807, 2.05) is 42.5 Å². The van der Waals surface area contributed by atoms with E-state index in [1.54, 1.807) is 30.3 Å². The van der Waals surface area contributed by atoms with Gasteiger partial charge in [-0.1, -0.05) is 48.6 Å². The molecule has 23 heavy (non-hydrogen) atoms. The molecule has 3 nitrogen and oxygen atoms in total. The van der Waals surface area contributed by atoms with Crippen molar-refractivity contribution in [3.05, 3.63) is 77.9 Å². The molecule has 114 valence electrons. The highest BCUT2D eigenvalue weighted by Gasteiger charge is 2.04. The Labute approximate surface area is 134 Å². The highest BCUT2D eigenvalue weighted by molar-refractivity contribution is 5.82. The van der Waals surface area contributed by atoms with Crippen LogP contribution in [0.1, 0.15) is 11.1 Å². The van der Waals surface area contributed by atoms with Crippen LogP contribution in [0.15, 0.2) is 66.7 Å². The van der Waals surface area contributed by atoms with Crippen molar-refractivity contribution in [3.63, 3.8) is 0 Å². The number of hydrogen-bond donors (Lipinski definition) is 3. The molecule has 3 heteroatoms. The van der Waals surface area contributed by atoms with Crippen molar-refractivity contribution >= 4 is 12.2 Å². The Kier molecular flexibility index (Phi) is 4.02. The highest BCUT2D eigenvalue weighted by Crippen LogP contribution is 2.29. The van der Waals surface area contributed by atoms with Crippen molar-refractivity contribution in [2.45, 2.75) is 0 Å². The predicted octanol–water partition coefficient (Wildman–Crippen LogP) is 4.64. The van der Waals surface area contributed by atoms with Gasteiger partial charge >= 0.3 is 0 Å². The molecule has 0 unspecified atom stereocenters. The Balaban J connectivity index is 2.01.